The molecule has 0 spiro atoms. The Hall–Kier alpha value is -1.32. The first-order valence-corrected chi connectivity index (χ1v) is 6.70. The number of benzene rings is 1. The third-order valence-corrected chi connectivity index (χ3v) is 3.59. The van der Waals surface area contributed by atoms with Gasteiger partial charge < -0.3 is 14.6 Å². The molecule has 1 heterocycles. The Morgan fingerprint density at radius 3 is 2.56 bits per heavy atom. The predicted molar refractivity (Wildman–Crippen MR) is 75.6 cm³/mol. The monoisotopic (exact) mass is 246 g/mol. The van der Waals surface area contributed by atoms with Crippen molar-refractivity contribution >= 4 is 10.9 Å². The Morgan fingerprint density at radius 2 is 1.89 bits per heavy atom. The zero-order valence-electron chi connectivity index (χ0n) is 11.3. The van der Waals surface area contributed by atoms with Crippen LogP contribution in [0, 0.1) is 0 Å². The quantitative estimate of drug-likeness (QED) is 0.848. The molecule has 1 aromatic heterocycles. The number of aromatic nitrogens is 1. The molecule has 0 atom stereocenters. The fourth-order valence-electron chi connectivity index (χ4n) is 2.42. The van der Waals surface area contributed by atoms with Crippen LogP contribution in [0.25, 0.3) is 10.9 Å². The van der Waals surface area contributed by atoms with Crippen LogP contribution in [0.2, 0.25) is 0 Å². The first-order chi connectivity index (χ1) is 8.80. The zero-order chi connectivity index (χ0) is 13.0. The molecule has 0 unspecified atom stereocenters. The van der Waals surface area contributed by atoms with Crippen molar-refractivity contribution in [1.82, 2.24) is 9.47 Å². The molecule has 3 heteroatoms. The van der Waals surface area contributed by atoms with Crippen molar-refractivity contribution in [1.29, 1.82) is 0 Å². The average Bonchev–Trinajstić information content (AvgIpc) is 2.78. The maximum absolute atomic E-state index is 9.39. The molecule has 0 aliphatic rings. The summed E-state index contributed by atoms with van der Waals surface area (Å²) in [5.74, 6) is 0. The van der Waals surface area contributed by atoms with Crippen LogP contribution in [0.1, 0.15) is 19.4 Å². The fourth-order valence-corrected chi connectivity index (χ4v) is 2.42. The highest BCUT2D eigenvalue weighted by Crippen LogP contribution is 2.21. The molecule has 1 aromatic carbocycles. The lowest BCUT2D eigenvalue weighted by Crippen LogP contribution is -2.26. The molecule has 0 bridgehead atoms. The van der Waals surface area contributed by atoms with Gasteiger partial charge in [0, 0.05) is 35.8 Å². The lowest BCUT2D eigenvalue weighted by molar-refractivity contribution is 0.281. The number of aliphatic hydroxyl groups excluding tert-OH is 1. The van der Waals surface area contributed by atoms with E-state index in [1.54, 1.807) is 0 Å². The van der Waals surface area contributed by atoms with Gasteiger partial charge in [-0.2, -0.15) is 0 Å². The highest BCUT2D eigenvalue weighted by molar-refractivity contribution is 5.83. The minimum Gasteiger partial charge on any atom is -0.392 e. The molecule has 18 heavy (non-hydrogen) atoms. The topological polar surface area (TPSA) is 28.4 Å². The van der Waals surface area contributed by atoms with Gasteiger partial charge in [-0.25, -0.2) is 0 Å². The number of aliphatic hydroxyl groups is 1. The minimum absolute atomic E-state index is 0.110. The van der Waals surface area contributed by atoms with Crippen molar-refractivity contribution < 1.29 is 5.11 Å². The van der Waals surface area contributed by atoms with Crippen molar-refractivity contribution in [2.75, 3.05) is 19.6 Å². The Balaban J connectivity index is 2.22. The van der Waals surface area contributed by atoms with Crippen LogP contribution < -0.4 is 0 Å². The normalized spacial score (nSPS) is 11.6. The van der Waals surface area contributed by atoms with E-state index in [9.17, 15) is 5.11 Å². The molecule has 2 aromatic rings. The van der Waals surface area contributed by atoms with Gasteiger partial charge in [-0.1, -0.05) is 32.0 Å². The van der Waals surface area contributed by atoms with Gasteiger partial charge >= 0.3 is 0 Å². The van der Waals surface area contributed by atoms with E-state index in [1.807, 2.05) is 6.07 Å². The first kappa shape index (κ1) is 13.1. The van der Waals surface area contributed by atoms with E-state index >= 15 is 0 Å². The second kappa shape index (κ2) is 6.03. The molecule has 0 aliphatic heterocycles. The van der Waals surface area contributed by atoms with Gasteiger partial charge in [0.2, 0.25) is 0 Å². The maximum Gasteiger partial charge on any atom is 0.0702 e. The Morgan fingerprint density at radius 1 is 1.17 bits per heavy atom. The van der Waals surface area contributed by atoms with E-state index in [0.717, 1.165) is 31.7 Å². The molecule has 0 fully saturated rings. The number of hydrogen-bond acceptors (Lipinski definition) is 2. The third kappa shape index (κ3) is 2.57. The Kier molecular flexibility index (Phi) is 4.39. The predicted octanol–water partition coefficient (Wildman–Crippen LogP) is 2.48. The van der Waals surface area contributed by atoms with E-state index in [4.69, 9.17) is 0 Å². The molecule has 0 aliphatic carbocycles. The van der Waals surface area contributed by atoms with Gasteiger partial charge in [0.1, 0.15) is 0 Å². The van der Waals surface area contributed by atoms with E-state index < -0.39 is 0 Å². The molecule has 0 saturated heterocycles. The first-order valence-electron chi connectivity index (χ1n) is 6.70. The number of fused-ring (bicyclic) bond motifs is 1. The molecule has 2 rings (SSSR count). The van der Waals surface area contributed by atoms with Gasteiger partial charge in [0.15, 0.2) is 0 Å². The van der Waals surface area contributed by atoms with Crippen LogP contribution in [0.4, 0.5) is 0 Å². The second-order valence-corrected chi connectivity index (χ2v) is 4.55. The fraction of sp³-hybridized carbons (Fsp3) is 0.467. The van der Waals surface area contributed by atoms with Crippen molar-refractivity contribution in [3.05, 3.63) is 36.0 Å². The zero-order valence-corrected chi connectivity index (χ0v) is 11.3. The van der Waals surface area contributed by atoms with Crippen molar-refractivity contribution in [3.8, 4) is 0 Å². The molecule has 0 saturated carbocycles. The second-order valence-electron chi connectivity index (χ2n) is 4.55. The molecule has 0 radical (unpaired) electrons. The summed E-state index contributed by atoms with van der Waals surface area (Å²) in [6, 6.07) is 8.28. The van der Waals surface area contributed by atoms with Crippen LogP contribution >= 0.6 is 0 Å². The van der Waals surface area contributed by atoms with Crippen molar-refractivity contribution in [2.24, 2.45) is 0 Å². The standard InChI is InChI=1S/C15H22N2O/c1-3-16(4-2)9-10-17-11-13(12-18)14-7-5-6-8-15(14)17/h5-8,11,18H,3-4,9-10,12H2,1-2H3. The van der Waals surface area contributed by atoms with E-state index in [2.05, 4.69) is 47.7 Å². The summed E-state index contributed by atoms with van der Waals surface area (Å²) in [6.07, 6.45) is 2.08. The number of nitrogens with zero attached hydrogens (tertiary/aromatic N) is 2. The largest absolute Gasteiger partial charge is 0.392 e. The van der Waals surface area contributed by atoms with Crippen LogP contribution in [-0.2, 0) is 13.2 Å². The van der Waals surface area contributed by atoms with Crippen molar-refractivity contribution in [3.63, 3.8) is 0 Å². The number of rotatable bonds is 6. The Labute approximate surface area is 109 Å². The third-order valence-electron chi connectivity index (χ3n) is 3.59. The van der Waals surface area contributed by atoms with Crippen LogP contribution in [-0.4, -0.2) is 34.2 Å². The van der Waals surface area contributed by atoms with E-state index in [0.29, 0.717) is 0 Å². The summed E-state index contributed by atoms with van der Waals surface area (Å²) in [6.45, 7) is 8.69. The maximum atomic E-state index is 9.39. The highest BCUT2D eigenvalue weighted by atomic mass is 16.3. The lowest BCUT2D eigenvalue weighted by Gasteiger charge is -2.18. The van der Waals surface area contributed by atoms with Gasteiger partial charge in [-0.3, -0.25) is 0 Å². The summed E-state index contributed by atoms with van der Waals surface area (Å²) < 4.78 is 2.25. The summed E-state index contributed by atoms with van der Waals surface area (Å²) in [5, 5.41) is 10.6. The van der Waals surface area contributed by atoms with Crippen LogP contribution in [0.5, 0.6) is 0 Å². The summed E-state index contributed by atoms with van der Waals surface area (Å²) in [7, 11) is 0. The lowest BCUT2D eigenvalue weighted by atomic mass is 10.2. The minimum atomic E-state index is 0.110. The average molecular weight is 246 g/mol. The molecule has 3 nitrogen and oxygen atoms in total. The molecule has 0 amide bonds. The van der Waals surface area contributed by atoms with Gasteiger partial charge in [-0.05, 0) is 19.2 Å². The summed E-state index contributed by atoms with van der Waals surface area (Å²) in [5.41, 5.74) is 2.24. The van der Waals surface area contributed by atoms with Gasteiger partial charge in [0.25, 0.3) is 0 Å². The van der Waals surface area contributed by atoms with Gasteiger partial charge in [0.05, 0.1) is 6.61 Å². The van der Waals surface area contributed by atoms with Crippen LogP contribution in [0.15, 0.2) is 30.5 Å². The molecular formula is C15H22N2O. The smallest absolute Gasteiger partial charge is 0.0702 e. The van der Waals surface area contributed by atoms with Crippen molar-refractivity contribution in [2.45, 2.75) is 27.0 Å². The summed E-state index contributed by atoms with van der Waals surface area (Å²) in [4.78, 5) is 2.41. The van der Waals surface area contributed by atoms with Crippen LogP contribution in [0.3, 0.4) is 0 Å². The Bertz CT molecular complexity index is 500. The van der Waals surface area contributed by atoms with Gasteiger partial charge in [-0.15, -0.1) is 0 Å². The van der Waals surface area contributed by atoms with E-state index in [1.165, 1.54) is 10.9 Å². The highest BCUT2D eigenvalue weighted by Gasteiger charge is 2.07. The number of para-hydroxylation sites is 1. The molecule has 98 valence electrons. The number of hydrogen-bond donors (Lipinski definition) is 1. The van der Waals surface area contributed by atoms with E-state index in [-0.39, 0.29) is 6.61 Å². The molecule has 1 N–H and O–H groups in total. The number of likely N-dealkylation sites (N-methyl/N-ethyl adjacent to an activating group) is 1. The SMILES string of the molecule is CCN(CC)CCn1cc(CO)c2ccccc21. The summed E-state index contributed by atoms with van der Waals surface area (Å²) >= 11 is 0. The molecular weight excluding hydrogens is 224 g/mol.